The smallest absolute Gasteiger partial charge is 0.339 e. The predicted molar refractivity (Wildman–Crippen MR) is 75.8 cm³/mol. The van der Waals surface area contributed by atoms with Crippen LogP contribution in [0.2, 0.25) is 5.02 Å². The molecule has 0 amide bonds. The van der Waals surface area contributed by atoms with Gasteiger partial charge in [0.15, 0.2) is 0 Å². The Morgan fingerprint density at radius 3 is 2.67 bits per heavy atom. The molecule has 2 aromatic carbocycles. The van der Waals surface area contributed by atoms with Crippen molar-refractivity contribution in [2.45, 2.75) is 6.42 Å². The number of ether oxygens (including phenoxy) is 1. The molecule has 0 saturated heterocycles. The Morgan fingerprint density at radius 1 is 1.33 bits per heavy atom. The van der Waals surface area contributed by atoms with E-state index in [-0.39, 0.29) is 22.8 Å². The minimum atomic E-state index is -1.28. The number of hydrogen-bond acceptors (Lipinski definition) is 3. The Balaban J connectivity index is 2.50. The van der Waals surface area contributed by atoms with Gasteiger partial charge >= 0.3 is 5.97 Å². The fourth-order valence-corrected chi connectivity index (χ4v) is 2.20. The van der Waals surface area contributed by atoms with Crippen molar-refractivity contribution < 1.29 is 24.1 Å². The average molecular weight is 311 g/mol. The van der Waals surface area contributed by atoms with Gasteiger partial charge in [-0.2, -0.15) is 0 Å². The van der Waals surface area contributed by atoms with E-state index in [0.717, 1.165) is 0 Å². The van der Waals surface area contributed by atoms with Crippen molar-refractivity contribution >= 4 is 17.6 Å². The lowest BCUT2D eigenvalue weighted by molar-refractivity contribution is 0.0693. The summed E-state index contributed by atoms with van der Waals surface area (Å²) in [6.45, 7) is 0. The standard InChI is InChI=1S/C15H12ClFO4/c1-21-13-7-12(18)10(15(19)20)6-9(13)5-8-3-2-4-11(16)14(8)17/h2-4,6-7,18H,5H2,1H3,(H,19,20). The number of halogens is 2. The van der Waals surface area contributed by atoms with E-state index in [4.69, 9.17) is 21.4 Å². The summed E-state index contributed by atoms with van der Waals surface area (Å²) in [5.74, 6) is -1.97. The first-order valence-electron chi connectivity index (χ1n) is 6.00. The maximum Gasteiger partial charge on any atom is 0.339 e. The summed E-state index contributed by atoms with van der Waals surface area (Å²) < 4.78 is 19.0. The van der Waals surface area contributed by atoms with Crippen LogP contribution < -0.4 is 4.74 Å². The van der Waals surface area contributed by atoms with Gasteiger partial charge in [-0.15, -0.1) is 0 Å². The number of benzene rings is 2. The van der Waals surface area contributed by atoms with Gasteiger partial charge in [-0.05, 0) is 23.3 Å². The lowest BCUT2D eigenvalue weighted by atomic mass is 10.0. The maximum atomic E-state index is 13.9. The van der Waals surface area contributed by atoms with Gasteiger partial charge in [0.25, 0.3) is 0 Å². The van der Waals surface area contributed by atoms with E-state index in [1.165, 1.54) is 25.3 Å². The van der Waals surface area contributed by atoms with Crippen LogP contribution in [0.5, 0.6) is 11.5 Å². The summed E-state index contributed by atoms with van der Waals surface area (Å²) in [5, 5.41) is 18.6. The zero-order valence-corrected chi connectivity index (χ0v) is 11.8. The van der Waals surface area contributed by atoms with E-state index in [2.05, 4.69) is 0 Å². The SMILES string of the molecule is COc1cc(O)c(C(=O)O)cc1Cc1cccc(Cl)c1F. The van der Waals surface area contributed by atoms with Crippen molar-refractivity contribution in [2.75, 3.05) is 7.11 Å². The Bertz CT molecular complexity index is 700. The molecule has 0 aromatic heterocycles. The Labute approximate surface area is 125 Å². The normalized spacial score (nSPS) is 10.4. The van der Waals surface area contributed by atoms with Crippen molar-refractivity contribution in [2.24, 2.45) is 0 Å². The van der Waals surface area contributed by atoms with Gasteiger partial charge in [-0.25, -0.2) is 9.18 Å². The van der Waals surface area contributed by atoms with Crippen molar-refractivity contribution in [3.05, 3.63) is 57.9 Å². The summed E-state index contributed by atoms with van der Waals surface area (Å²) >= 11 is 5.72. The maximum absolute atomic E-state index is 13.9. The highest BCUT2D eigenvalue weighted by molar-refractivity contribution is 6.30. The number of carboxylic acid groups (broad SMARTS) is 1. The number of aromatic carboxylic acids is 1. The summed E-state index contributed by atoms with van der Waals surface area (Å²) in [4.78, 5) is 11.1. The Hall–Kier alpha value is -2.27. The molecular formula is C15H12ClFO4. The van der Waals surface area contributed by atoms with Crippen molar-refractivity contribution in [3.63, 3.8) is 0 Å². The van der Waals surface area contributed by atoms with E-state index in [9.17, 15) is 14.3 Å². The minimum absolute atomic E-state index is 0.0105. The lowest BCUT2D eigenvalue weighted by Gasteiger charge is -2.12. The quantitative estimate of drug-likeness (QED) is 0.907. The number of phenols is 1. The van der Waals surface area contributed by atoms with E-state index < -0.39 is 17.5 Å². The molecule has 2 N–H and O–H groups in total. The van der Waals surface area contributed by atoms with E-state index in [1.807, 2.05) is 0 Å². The molecule has 21 heavy (non-hydrogen) atoms. The van der Waals surface area contributed by atoms with Crippen LogP contribution >= 0.6 is 11.6 Å². The van der Waals surface area contributed by atoms with Crippen LogP contribution in [0.3, 0.4) is 0 Å². The zero-order valence-electron chi connectivity index (χ0n) is 11.1. The fraction of sp³-hybridized carbons (Fsp3) is 0.133. The number of methoxy groups -OCH3 is 1. The van der Waals surface area contributed by atoms with E-state index in [0.29, 0.717) is 11.1 Å². The molecule has 0 fully saturated rings. The van der Waals surface area contributed by atoms with Crippen LogP contribution in [0.4, 0.5) is 4.39 Å². The molecule has 0 atom stereocenters. The first-order valence-corrected chi connectivity index (χ1v) is 6.38. The molecule has 0 heterocycles. The number of rotatable bonds is 4. The monoisotopic (exact) mass is 310 g/mol. The van der Waals surface area contributed by atoms with Crippen LogP contribution in [0.15, 0.2) is 30.3 Å². The van der Waals surface area contributed by atoms with Gasteiger partial charge in [-0.3, -0.25) is 0 Å². The number of hydrogen-bond donors (Lipinski definition) is 2. The summed E-state index contributed by atoms with van der Waals surface area (Å²) in [5.41, 5.74) is 0.477. The molecule has 110 valence electrons. The first-order chi connectivity index (χ1) is 9.93. The van der Waals surface area contributed by atoms with Crippen molar-refractivity contribution in [3.8, 4) is 11.5 Å². The van der Waals surface area contributed by atoms with Gasteiger partial charge in [0.1, 0.15) is 22.9 Å². The molecule has 0 unspecified atom stereocenters. The van der Waals surface area contributed by atoms with Gasteiger partial charge in [0.2, 0.25) is 0 Å². The van der Waals surface area contributed by atoms with Crippen molar-refractivity contribution in [1.82, 2.24) is 0 Å². The van der Waals surface area contributed by atoms with Gasteiger partial charge < -0.3 is 14.9 Å². The van der Waals surface area contributed by atoms with Crippen LogP contribution in [0, 0.1) is 5.82 Å². The molecule has 6 heteroatoms. The Kier molecular flexibility index (Phi) is 4.33. The number of carbonyl (C=O) groups is 1. The van der Waals surface area contributed by atoms with Gasteiger partial charge in [-0.1, -0.05) is 23.7 Å². The van der Waals surface area contributed by atoms with Gasteiger partial charge in [0.05, 0.1) is 12.1 Å². The summed E-state index contributed by atoms with van der Waals surface area (Å²) in [6, 6.07) is 7.04. The van der Waals surface area contributed by atoms with Crippen molar-refractivity contribution in [1.29, 1.82) is 0 Å². The first kappa shape index (κ1) is 15.1. The molecule has 2 rings (SSSR count). The minimum Gasteiger partial charge on any atom is -0.507 e. The largest absolute Gasteiger partial charge is 0.507 e. The molecule has 0 spiro atoms. The van der Waals surface area contributed by atoms with Crippen LogP contribution in [-0.4, -0.2) is 23.3 Å². The summed E-state index contributed by atoms with van der Waals surface area (Å²) in [6.07, 6.45) is 0.0934. The lowest BCUT2D eigenvalue weighted by Crippen LogP contribution is -2.02. The second kappa shape index (κ2) is 6.01. The van der Waals surface area contributed by atoms with Crippen LogP contribution in [-0.2, 0) is 6.42 Å². The molecule has 0 aliphatic carbocycles. The number of carboxylic acids is 1. The Morgan fingerprint density at radius 2 is 2.05 bits per heavy atom. The van der Waals surface area contributed by atoms with Crippen LogP contribution in [0.25, 0.3) is 0 Å². The molecule has 0 radical (unpaired) electrons. The molecule has 2 aromatic rings. The average Bonchev–Trinajstić information content (AvgIpc) is 2.44. The zero-order chi connectivity index (χ0) is 15.6. The second-order valence-corrected chi connectivity index (χ2v) is 4.78. The second-order valence-electron chi connectivity index (χ2n) is 4.38. The highest BCUT2D eigenvalue weighted by atomic mass is 35.5. The molecule has 0 saturated carbocycles. The molecular weight excluding hydrogens is 299 g/mol. The molecule has 4 nitrogen and oxygen atoms in total. The molecule has 0 bridgehead atoms. The van der Waals surface area contributed by atoms with E-state index >= 15 is 0 Å². The fourth-order valence-electron chi connectivity index (χ4n) is 2.00. The third kappa shape index (κ3) is 3.08. The highest BCUT2D eigenvalue weighted by Crippen LogP contribution is 2.31. The van der Waals surface area contributed by atoms with E-state index in [1.54, 1.807) is 12.1 Å². The number of aromatic hydroxyl groups is 1. The molecule has 0 aliphatic heterocycles. The topological polar surface area (TPSA) is 66.8 Å². The molecule has 0 aliphatic rings. The summed E-state index contributed by atoms with van der Waals surface area (Å²) in [7, 11) is 1.38. The third-order valence-corrected chi connectivity index (χ3v) is 3.33. The van der Waals surface area contributed by atoms with Gasteiger partial charge in [0, 0.05) is 12.5 Å². The third-order valence-electron chi connectivity index (χ3n) is 3.04. The van der Waals surface area contributed by atoms with Crippen LogP contribution in [0.1, 0.15) is 21.5 Å². The highest BCUT2D eigenvalue weighted by Gasteiger charge is 2.17. The predicted octanol–water partition coefficient (Wildman–Crippen LogP) is 3.48.